The predicted molar refractivity (Wildman–Crippen MR) is 111 cm³/mol. The Morgan fingerprint density at radius 3 is 2.43 bits per heavy atom. The molecule has 4 amide bonds. The van der Waals surface area contributed by atoms with E-state index >= 15 is 0 Å². The lowest BCUT2D eigenvalue weighted by molar-refractivity contribution is -0.124. The fourth-order valence-electron chi connectivity index (χ4n) is 3.20. The molecule has 2 aromatic rings. The number of carbonyl (C=O) groups excluding carboxylic acids is 3. The highest BCUT2D eigenvalue weighted by Crippen LogP contribution is 2.27. The molecule has 30 heavy (non-hydrogen) atoms. The number of amides is 4. The van der Waals surface area contributed by atoms with Gasteiger partial charge >= 0.3 is 6.03 Å². The fourth-order valence-corrected chi connectivity index (χ4v) is 3.20. The molecule has 156 valence electrons. The van der Waals surface area contributed by atoms with Crippen LogP contribution >= 0.6 is 0 Å². The van der Waals surface area contributed by atoms with Gasteiger partial charge in [0.15, 0.2) is 0 Å². The molecule has 0 aliphatic carbocycles. The van der Waals surface area contributed by atoms with Gasteiger partial charge in [0.05, 0.1) is 18.7 Å². The van der Waals surface area contributed by atoms with Crippen LogP contribution in [0, 0.1) is 5.82 Å². The molecule has 2 aromatic carbocycles. The molecule has 1 fully saturated rings. The second kappa shape index (κ2) is 9.21. The van der Waals surface area contributed by atoms with Gasteiger partial charge in [0.2, 0.25) is 5.91 Å². The first kappa shape index (κ1) is 21.0. The van der Waals surface area contributed by atoms with E-state index in [0.29, 0.717) is 18.0 Å². The topological polar surface area (TPSA) is 79.0 Å². The Kier molecular flexibility index (Phi) is 6.46. The molecule has 0 radical (unpaired) electrons. The van der Waals surface area contributed by atoms with Crippen molar-refractivity contribution < 1.29 is 23.5 Å². The molecule has 1 N–H and O–H groups in total. The van der Waals surface area contributed by atoms with Gasteiger partial charge in [-0.3, -0.25) is 9.59 Å². The summed E-state index contributed by atoms with van der Waals surface area (Å²) in [5.74, 6) is -0.762. The van der Waals surface area contributed by atoms with E-state index in [1.165, 1.54) is 35.2 Å². The summed E-state index contributed by atoms with van der Waals surface area (Å²) in [6, 6.07) is 10.3. The normalized spacial score (nSPS) is 16.0. The van der Waals surface area contributed by atoms with E-state index in [2.05, 4.69) is 11.9 Å². The number of nitrogens with one attached hydrogen (secondary N) is 1. The number of urea groups is 1. The Morgan fingerprint density at radius 2 is 1.83 bits per heavy atom. The third-order valence-electron chi connectivity index (χ3n) is 4.56. The SMILES string of the molecule is C=CCN1C(=O)N(c2ccc(F)cc2)C(=O)[C@H]1CC(=O)Nc1ccc(OCC)cc1. The number of halogens is 1. The maximum atomic E-state index is 13.2. The predicted octanol–water partition coefficient (Wildman–Crippen LogP) is 3.58. The molecular weight excluding hydrogens is 389 g/mol. The van der Waals surface area contributed by atoms with Crippen LogP contribution in [0.3, 0.4) is 0 Å². The van der Waals surface area contributed by atoms with Gasteiger partial charge in [0.25, 0.3) is 5.91 Å². The van der Waals surface area contributed by atoms with Crippen LogP contribution in [0.25, 0.3) is 0 Å². The third-order valence-corrected chi connectivity index (χ3v) is 4.56. The lowest BCUT2D eigenvalue weighted by Gasteiger charge is -2.19. The Bertz CT molecular complexity index is 944. The van der Waals surface area contributed by atoms with Crippen LogP contribution in [0.2, 0.25) is 0 Å². The highest BCUT2D eigenvalue weighted by molar-refractivity contribution is 6.22. The number of ether oxygens (including phenoxy) is 1. The number of anilines is 2. The van der Waals surface area contributed by atoms with Crippen LogP contribution in [0.4, 0.5) is 20.6 Å². The standard InChI is InChI=1S/C22H22FN3O4/c1-3-13-25-19(14-20(27)24-16-7-11-18(12-8-16)30-4-2)21(28)26(22(25)29)17-9-5-15(23)6-10-17/h3,5-12,19H,1,4,13-14H2,2H3,(H,24,27)/t19-/m1/s1. The van der Waals surface area contributed by atoms with Crippen molar-refractivity contribution in [1.82, 2.24) is 4.90 Å². The van der Waals surface area contributed by atoms with Crippen LogP contribution < -0.4 is 15.0 Å². The van der Waals surface area contributed by atoms with Gasteiger partial charge in [-0.25, -0.2) is 14.1 Å². The summed E-state index contributed by atoms with van der Waals surface area (Å²) in [4.78, 5) is 40.5. The zero-order valence-electron chi connectivity index (χ0n) is 16.5. The molecule has 3 rings (SSSR count). The molecule has 8 heteroatoms. The highest BCUT2D eigenvalue weighted by Gasteiger charge is 2.46. The largest absolute Gasteiger partial charge is 0.494 e. The summed E-state index contributed by atoms with van der Waals surface area (Å²) in [5.41, 5.74) is 0.792. The Hall–Kier alpha value is -3.68. The number of nitrogens with zero attached hydrogens (tertiary/aromatic N) is 2. The van der Waals surface area contributed by atoms with E-state index in [-0.39, 0.29) is 18.7 Å². The minimum Gasteiger partial charge on any atom is -0.494 e. The van der Waals surface area contributed by atoms with Crippen LogP contribution in [-0.4, -0.2) is 41.9 Å². The zero-order chi connectivity index (χ0) is 21.7. The second-order valence-electron chi connectivity index (χ2n) is 6.60. The van der Waals surface area contributed by atoms with Crippen molar-refractivity contribution in [2.75, 3.05) is 23.4 Å². The van der Waals surface area contributed by atoms with Crippen molar-refractivity contribution in [3.05, 3.63) is 67.0 Å². The van der Waals surface area contributed by atoms with Gasteiger partial charge in [0.1, 0.15) is 17.6 Å². The maximum absolute atomic E-state index is 13.2. The average Bonchev–Trinajstić information content (AvgIpc) is 2.95. The van der Waals surface area contributed by atoms with Crippen LogP contribution in [0.1, 0.15) is 13.3 Å². The third kappa shape index (κ3) is 4.48. The van der Waals surface area contributed by atoms with Gasteiger partial charge in [-0.15, -0.1) is 6.58 Å². The van der Waals surface area contributed by atoms with Crippen molar-refractivity contribution in [2.24, 2.45) is 0 Å². The first-order valence-corrected chi connectivity index (χ1v) is 9.48. The average molecular weight is 411 g/mol. The molecule has 0 aromatic heterocycles. The molecule has 0 unspecified atom stereocenters. The van der Waals surface area contributed by atoms with Crippen molar-refractivity contribution in [3.8, 4) is 5.75 Å². The molecule has 1 saturated heterocycles. The number of imide groups is 1. The first-order valence-electron chi connectivity index (χ1n) is 9.48. The minimum atomic E-state index is -0.983. The van der Waals surface area contributed by atoms with Gasteiger partial charge in [0, 0.05) is 12.2 Å². The molecule has 7 nitrogen and oxygen atoms in total. The Labute approximate surface area is 173 Å². The Morgan fingerprint density at radius 1 is 1.17 bits per heavy atom. The molecule has 1 aliphatic heterocycles. The number of benzene rings is 2. The monoisotopic (exact) mass is 411 g/mol. The van der Waals surface area contributed by atoms with E-state index in [4.69, 9.17) is 4.74 Å². The zero-order valence-corrected chi connectivity index (χ0v) is 16.5. The van der Waals surface area contributed by atoms with Gasteiger partial charge in [-0.05, 0) is 55.5 Å². The summed E-state index contributed by atoms with van der Waals surface area (Å²) in [6.07, 6.45) is 1.26. The second-order valence-corrected chi connectivity index (χ2v) is 6.60. The molecular formula is C22H22FN3O4. The highest BCUT2D eigenvalue weighted by atomic mass is 19.1. The minimum absolute atomic E-state index is 0.100. The smallest absolute Gasteiger partial charge is 0.332 e. The quantitative estimate of drug-likeness (QED) is 0.532. The molecule has 1 atom stereocenters. The lowest BCUT2D eigenvalue weighted by Crippen LogP contribution is -2.38. The van der Waals surface area contributed by atoms with Gasteiger partial charge in [-0.1, -0.05) is 6.08 Å². The summed E-state index contributed by atoms with van der Waals surface area (Å²) < 4.78 is 18.6. The van der Waals surface area contributed by atoms with E-state index in [9.17, 15) is 18.8 Å². The van der Waals surface area contributed by atoms with Crippen molar-refractivity contribution in [3.63, 3.8) is 0 Å². The maximum Gasteiger partial charge on any atom is 0.332 e. The summed E-state index contributed by atoms with van der Waals surface area (Å²) in [6.45, 7) is 6.12. The molecule has 0 bridgehead atoms. The molecule has 1 aliphatic rings. The van der Waals surface area contributed by atoms with Gasteiger partial charge in [-0.2, -0.15) is 0 Å². The van der Waals surface area contributed by atoms with E-state index < -0.39 is 29.7 Å². The van der Waals surface area contributed by atoms with E-state index in [1.807, 2.05) is 6.92 Å². The van der Waals surface area contributed by atoms with E-state index in [1.54, 1.807) is 24.3 Å². The van der Waals surface area contributed by atoms with Crippen molar-refractivity contribution in [2.45, 2.75) is 19.4 Å². The van der Waals surface area contributed by atoms with Gasteiger partial charge < -0.3 is 15.0 Å². The summed E-state index contributed by atoms with van der Waals surface area (Å²) in [5, 5.41) is 2.72. The summed E-state index contributed by atoms with van der Waals surface area (Å²) in [7, 11) is 0. The van der Waals surface area contributed by atoms with Crippen molar-refractivity contribution >= 4 is 29.2 Å². The fraction of sp³-hybridized carbons (Fsp3) is 0.227. The molecule has 0 saturated carbocycles. The van der Waals surface area contributed by atoms with Crippen LogP contribution in [-0.2, 0) is 9.59 Å². The lowest BCUT2D eigenvalue weighted by atomic mass is 10.1. The summed E-state index contributed by atoms with van der Waals surface area (Å²) >= 11 is 0. The Balaban J connectivity index is 1.74. The van der Waals surface area contributed by atoms with Crippen LogP contribution in [0.15, 0.2) is 61.2 Å². The van der Waals surface area contributed by atoms with E-state index in [0.717, 1.165) is 4.90 Å². The number of rotatable bonds is 8. The number of hydrogen-bond donors (Lipinski definition) is 1. The first-order chi connectivity index (χ1) is 14.4. The molecule has 0 spiro atoms. The van der Waals surface area contributed by atoms with Crippen LogP contribution in [0.5, 0.6) is 5.75 Å². The molecule has 1 heterocycles. The number of carbonyl (C=O) groups is 3. The van der Waals surface area contributed by atoms with Crippen molar-refractivity contribution in [1.29, 1.82) is 0 Å². The number of hydrogen-bond acceptors (Lipinski definition) is 4.